The molecule has 3 rings (SSSR count). The van der Waals surface area contributed by atoms with Crippen LogP contribution >= 0.6 is 26.8 Å². The Hall–Kier alpha value is -0.821. The second kappa shape index (κ2) is 9.04. The zero-order chi connectivity index (χ0) is 17.6. The van der Waals surface area contributed by atoms with Gasteiger partial charge in [-0.2, -0.15) is 0 Å². The van der Waals surface area contributed by atoms with Crippen molar-refractivity contribution in [3.63, 3.8) is 0 Å². The van der Waals surface area contributed by atoms with E-state index in [4.69, 9.17) is 26.8 Å². The number of methoxy groups -OCH3 is 1. The Balaban J connectivity index is 0.000000187. The number of pyridine rings is 2. The zero-order valence-electron chi connectivity index (χ0n) is 12.9. The summed E-state index contributed by atoms with van der Waals surface area (Å²) in [5.74, 6) is -0.317. The third kappa shape index (κ3) is 5.92. The minimum Gasteiger partial charge on any atom is -0.254 e. The van der Waals surface area contributed by atoms with Gasteiger partial charge in [0.25, 0.3) is 0 Å². The van der Waals surface area contributed by atoms with E-state index < -0.39 is 15.0 Å². The number of halogens is 3. The quantitative estimate of drug-likeness (QED) is 0.294. The van der Waals surface area contributed by atoms with Gasteiger partial charge in [-0.1, -0.05) is 24.3 Å². The van der Waals surface area contributed by atoms with E-state index in [1.807, 2.05) is 12.1 Å². The molecule has 0 aliphatic carbocycles. The smallest absolute Gasteiger partial charge is 0.0964 e. The van der Waals surface area contributed by atoms with E-state index in [1.165, 1.54) is 7.11 Å². The van der Waals surface area contributed by atoms with Crippen LogP contribution in [0.3, 0.4) is 0 Å². The molecule has 3 aromatic rings. The van der Waals surface area contributed by atoms with Crippen LogP contribution in [0.4, 0.5) is 0 Å². The first-order valence-corrected chi connectivity index (χ1v) is 20.0. The van der Waals surface area contributed by atoms with Crippen LogP contribution in [0.25, 0.3) is 21.8 Å². The molecule has 0 unspecified atom stereocenters. The maximum Gasteiger partial charge on any atom is 0.0964 e. The summed E-state index contributed by atoms with van der Waals surface area (Å²) >= 11 is -3.27. The number of ether oxygens (including phenoxy) is 1. The summed E-state index contributed by atoms with van der Waals surface area (Å²) in [5.41, 5.74) is 1.95. The topological polar surface area (TPSA) is 52.1 Å². The molecule has 0 bridgehead atoms. The molecule has 0 amide bonds. The van der Waals surface area contributed by atoms with Crippen molar-refractivity contribution in [3.8, 4) is 0 Å². The van der Waals surface area contributed by atoms with Crippen molar-refractivity contribution in [1.82, 2.24) is 9.97 Å². The number of rotatable bonds is 3. The van der Waals surface area contributed by atoms with Crippen molar-refractivity contribution >= 4 is 69.5 Å². The summed E-state index contributed by atoms with van der Waals surface area (Å²) < 4.78 is 4.76. The number of benzene rings is 1. The number of carbonyl (C=O) groups excluding carboxylic acids is 1. The van der Waals surface area contributed by atoms with Crippen LogP contribution in [0.1, 0.15) is 6.42 Å². The molecule has 1 aromatic carbocycles. The van der Waals surface area contributed by atoms with Gasteiger partial charge in [-0.05, 0) is 12.1 Å². The number of esters is 1. The molecule has 0 saturated carbocycles. The molecule has 8 heteroatoms. The van der Waals surface area contributed by atoms with Crippen molar-refractivity contribution in [1.29, 1.82) is 0 Å². The Morgan fingerprint density at radius 1 is 1.00 bits per heavy atom. The molecule has 0 aliphatic heterocycles. The van der Waals surface area contributed by atoms with E-state index in [2.05, 4.69) is 39.0 Å². The first-order valence-electron chi connectivity index (χ1n) is 7.13. The van der Waals surface area contributed by atoms with Gasteiger partial charge in [0.15, 0.2) is 0 Å². The first kappa shape index (κ1) is 19.5. The Kier molecular flexibility index (Phi) is 7.34. The predicted molar refractivity (Wildman–Crippen MR) is 102 cm³/mol. The number of hydrogen-bond acceptors (Lipinski definition) is 4. The molecule has 24 heavy (non-hydrogen) atoms. The summed E-state index contributed by atoms with van der Waals surface area (Å²) in [5, 5.41) is 2.28. The Labute approximate surface area is 155 Å². The molecule has 4 nitrogen and oxygen atoms in total. The van der Waals surface area contributed by atoms with Crippen molar-refractivity contribution < 1.29 is 9.53 Å². The fraction of sp³-hybridized carbons (Fsp3) is 0.188. The monoisotopic (exact) mass is 492 g/mol. The van der Waals surface area contributed by atoms with Crippen LogP contribution in [0.2, 0.25) is 4.44 Å². The largest absolute Gasteiger partial charge is 0.254 e. The van der Waals surface area contributed by atoms with E-state index in [9.17, 15) is 4.79 Å². The first-order chi connectivity index (χ1) is 11.4. The van der Waals surface area contributed by atoms with Gasteiger partial charge < -0.3 is 0 Å². The SMILES string of the molecule is COC(=O)C[CH2][Sn]([Cl])([Cl])[Cl].c1cnc2c(c1)ccc1cccnc12. The number of fused-ring (bicyclic) bond motifs is 3. The van der Waals surface area contributed by atoms with E-state index in [0.29, 0.717) is 4.44 Å². The van der Waals surface area contributed by atoms with Crippen LogP contribution < -0.4 is 0 Å². The summed E-state index contributed by atoms with van der Waals surface area (Å²) in [7, 11) is 18.0. The van der Waals surface area contributed by atoms with Crippen molar-refractivity contribution in [3.05, 3.63) is 48.8 Å². The second-order valence-electron chi connectivity index (χ2n) is 4.91. The van der Waals surface area contributed by atoms with Gasteiger partial charge >= 0.3 is 75.2 Å². The molecule has 0 N–H and O–H groups in total. The van der Waals surface area contributed by atoms with Gasteiger partial charge in [-0.15, -0.1) is 0 Å². The van der Waals surface area contributed by atoms with Crippen LogP contribution in [-0.2, 0) is 9.53 Å². The average Bonchev–Trinajstić information content (AvgIpc) is 2.59. The van der Waals surface area contributed by atoms with E-state index in [-0.39, 0.29) is 12.4 Å². The minimum absolute atomic E-state index is 0.225. The van der Waals surface area contributed by atoms with Crippen LogP contribution in [-0.4, -0.2) is 38.0 Å². The summed E-state index contributed by atoms with van der Waals surface area (Å²) in [6.45, 7) is 0. The number of aromatic nitrogens is 2. The Morgan fingerprint density at radius 2 is 1.50 bits per heavy atom. The molecule has 0 radical (unpaired) electrons. The van der Waals surface area contributed by atoms with Crippen molar-refractivity contribution in [2.45, 2.75) is 10.9 Å². The molecule has 2 aromatic heterocycles. The molecule has 0 atom stereocenters. The van der Waals surface area contributed by atoms with E-state index in [0.717, 1.165) is 21.8 Å². The van der Waals surface area contributed by atoms with E-state index >= 15 is 0 Å². The van der Waals surface area contributed by atoms with Crippen molar-refractivity contribution in [2.24, 2.45) is 0 Å². The standard InChI is InChI=1S/C12H8N2.C4H7O2.3ClH.Sn/c1-3-9-5-6-10-4-2-8-14-12(10)11(9)13-7-1;1-3-4(5)6-2;;;;/h1-8H;1,3H2,2H3;3*1H;/q;;;;;+3/p-3. The molecular weight excluding hydrogens is 477 g/mol. The molecule has 126 valence electrons. The van der Waals surface area contributed by atoms with Crippen molar-refractivity contribution in [2.75, 3.05) is 7.11 Å². The minimum atomic E-state index is -3.27. The van der Waals surface area contributed by atoms with Gasteiger partial charge in [0.1, 0.15) is 0 Å². The maximum atomic E-state index is 10.5. The van der Waals surface area contributed by atoms with Crippen LogP contribution in [0.5, 0.6) is 0 Å². The Morgan fingerprint density at radius 3 is 1.92 bits per heavy atom. The summed E-state index contributed by atoms with van der Waals surface area (Å²) in [6.07, 6.45) is 3.83. The number of carbonyl (C=O) groups is 1. The van der Waals surface area contributed by atoms with Gasteiger partial charge in [0.05, 0.1) is 11.0 Å². The molecule has 0 fully saturated rings. The molecule has 0 saturated heterocycles. The fourth-order valence-corrected chi connectivity index (χ4v) is 5.32. The molecular formula is C16H15Cl3N2O2Sn. The normalized spacial score (nSPS) is 11.0. The van der Waals surface area contributed by atoms with Crippen LogP contribution in [0.15, 0.2) is 48.8 Å². The van der Waals surface area contributed by atoms with Gasteiger partial charge in [-0.25, -0.2) is 0 Å². The molecule has 0 spiro atoms. The van der Waals surface area contributed by atoms with E-state index in [1.54, 1.807) is 12.4 Å². The number of nitrogens with zero attached hydrogens (tertiary/aromatic N) is 2. The maximum absolute atomic E-state index is 10.5. The summed E-state index contributed by atoms with van der Waals surface area (Å²) in [6, 6.07) is 12.1. The van der Waals surface area contributed by atoms with Gasteiger partial charge in [-0.3, -0.25) is 9.97 Å². The second-order valence-corrected chi connectivity index (χ2v) is 26.7. The Bertz CT molecular complexity index is 785. The van der Waals surface area contributed by atoms with Gasteiger partial charge in [0, 0.05) is 23.2 Å². The fourth-order valence-electron chi connectivity index (χ4n) is 2.03. The third-order valence-corrected chi connectivity index (χ3v) is 9.32. The average molecular weight is 492 g/mol. The van der Waals surface area contributed by atoms with Crippen LogP contribution in [0, 0.1) is 0 Å². The predicted octanol–water partition coefficient (Wildman–Crippen LogP) is 4.99. The van der Waals surface area contributed by atoms with Gasteiger partial charge in [0.2, 0.25) is 0 Å². The third-order valence-electron chi connectivity index (χ3n) is 3.18. The zero-order valence-corrected chi connectivity index (χ0v) is 18.0. The molecule has 2 heterocycles. The summed E-state index contributed by atoms with van der Waals surface area (Å²) in [4.78, 5) is 19.2. The number of hydrogen-bond donors (Lipinski definition) is 0. The molecule has 0 aliphatic rings.